The van der Waals surface area contributed by atoms with E-state index in [4.69, 9.17) is 14.4 Å². The maximum atomic E-state index is 11.7. The minimum Gasteiger partial charge on any atom is -0.489 e. The summed E-state index contributed by atoms with van der Waals surface area (Å²) < 4.78 is 10.8. The molecule has 0 saturated heterocycles. The fourth-order valence-electron chi connectivity index (χ4n) is 2.11. The first kappa shape index (κ1) is 17.5. The summed E-state index contributed by atoms with van der Waals surface area (Å²) in [5, 5.41) is 15.0. The molecule has 7 heteroatoms. The second-order valence-corrected chi connectivity index (χ2v) is 5.54. The monoisotopic (exact) mass is 332 g/mol. The molecule has 1 aromatic carbocycles. The van der Waals surface area contributed by atoms with Gasteiger partial charge in [-0.15, -0.1) is 0 Å². The number of hydrogen-bond acceptors (Lipinski definition) is 5. The number of aryl methyl sites for hydroxylation is 2. The number of carboxylic acid groups (broad SMARTS) is 1. The summed E-state index contributed by atoms with van der Waals surface area (Å²) in [5.74, 6) is -0.00730. The van der Waals surface area contributed by atoms with Crippen molar-refractivity contribution < 1.29 is 24.0 Å². The van der Waals surface area contributed by atoms with Crippen molar-refractivity contribution in [1.29, 1.82) is 0 Å². The number of carbonyl (C=O) groups is 2. The van der Waals surface area contributed by atoms with E-state index < -0.39 is 12.0 Å². The molecule has 0 bridgehead atoms. The van der Waals surface area contributed by atoms with Gasteiger partial charge in [0.2, 0.25) is 5.91 Å². The molecule has 1 heterocycles. The average molecular weight is 332 g/mol. The number of hydrogen-bond donors (Lipinski definition) is 2. The lowest BCUT2D eigenvalue weighted by Gasteiger charge is -2.10. The summed E-state index contributed by atoms with van der Waals surface area (Å²) in [6, 6.07) is 6.17. The lowest BCUT2D eigenvalue weighted by molar-refractivity contribution is -0.141. The van der Waals surface area contributed by atoms with Crippen LogP contribution in [0.1, 0.15) is 29.5 Å². The Balaban J connectivity index is 1.89. The molecule has 0 aliphatic carbocycles. The Bertz CT molecular complexity index is 702. The number of nitrogens with zero attached hydrogens (tertiary/aromatic N) is 1. The second-order valence-electron chi connectivity index (χ2n) is 5.54. The van der Waals surface area contributed by atoms with E-state index in [9.17, 15) is 9.59 Å². The van der Waals surface area contributed by atoms with Crippen molar-refractivity contribution in [2.45, 2.75) is 39.8 Å². The molecule has 0 aliphatic rings. The summed E-state index contributed by atoms with van der Waals surface area (Å²) in [6.45, 7) is 5.47. The van der Waals surface area contributed by atoms with Gasteiger partial charge in [0, 0.05) is 0 Å². The minimum absolute atomic E-state index is 0.113. The maximum absolute atomic E-state index is 11.7. The van der Waals surface area contributed by atoms with Crippen LogP contribution in [0.25, 0.3) is 0 Å². The molecule has 7 nitrogen and oxygen atoms in total. The molecule has 2 N–H and O–H groups in total. The Morgan fingerprint density at radius 1 is 1.29 bits per heavy atom. The fraction of sp³-hybridized carbons (Fsp3) is 0.353. The molecule has 1 amide bonds. The van der Waals surface area contributed by atoms with Crippen molar-refractivity contribution in [3.05, 3.63) is 46.8 Å². The summed E-state index contributed by atoms with van der Waals surface area (Å²) in [6.07, 6.45) is 0.113. The standard InChI is InChI=1S/C17H20N2O5/c1-10-15(12(3)24-19-10)9-23-14-6-4-13(5-7-14)8-16(20)18-11(2)17(21)22/h4-7,11H,8-9H2,1-3H3,(H,18,20)(H,21,22). The van der Waals surface area contributed by atoms with Crippen LogP contribution >= 0.6 is 0 Å². The van der Waals surface area contributed by atoms with E-state index in [1.807, 2.05) is 13.8 Å². The number of rotatable bonds is 7. The first-order chi connectivity index (χ1) is 11.4. The summed E-state index contributed by atoms with van der Waals surface area (Å²) in [7, 11) is 0. The highest BCUT2D eigenvalue weighted by atomic mass is 16.5. The van der Waals surface area contributed by atoms with Gasteiger partial charge in [0.05, 0.1) is 17.7 Å². The van der Waals surface area contributed by atoms with Gasteiger partial charge in [0.15, 0.2) is 0 Å². The van der Waals surface area contributed by atoms with E-state index in [0.29, 0.717) is 12.4 Å². The van der Waals surface area contributed by atoms with Gasteiger partial charge >= 0.3 is 5.97 Å². The number of carbonyl (C=O) groups excluding carboxylic acids is 1. The molecule has 2 aromatic rings. The van der Waals surface area contributed by atoms with Crippen molar-refractivity contribution in [2.24, 2.45) is 0 Å². The summed E-state index contributed by atoms with van der Waals surface area (Å²) >= 11 is 0. The highest BCUT2D eigenvalue weighted by Gasteiger charge is 2.14. The molecule has 1 aromatic heterocycles. The predicted molar refractivity (Wildman–Crippen MR) is 85.7 cm³/mol. The van der Waals surface area contributed by atoms with Gasteiger partial charge in [0.1, 0.15) is 24.2 Å². The third-order valence-corrected chi connectivity index (χ3v) is 3.60. The van der Waals surface area contributed by atoms with Gasteiger partial charge in [0.25, 0.3) is 0 Å². The number of amides is 1. The van der Waals surface area contributed by atoms with Crippen molar-refractivity contribution in [3.63, 3.8) is 0 Å². The third-order valence-electron chi connectivity index (χ3n) is 3.60. The lowest BCUT2D eigenvalue weighted by Crippen LogP contribution is -2.39. The van der Waals surface area contributed by atoms with Crippen LogP contribution < -0.4 is 10.1 Å². The fourth-order valence-corrected chi connectivity index (χ4v) is 2.11. The molecule has 0 fully saturated rings. The van der Waals surface area contributed by atoms with Crippen molar-refractivity contribution in [3.8, 4) is 5.75 Å². The number of benzene rings is 1. The van der Waals surface area contributed by atoms with Gasteiger partial charge in [-0.05, 0) is 38.5 Å². The number of nitrogens with one attached hydrogen (secondary N) is 1. The first-order valence-electron chi connectivity index (χ1n) is 7.52. The molecule has 0 spiro atoms. The van der Waals surface area contributed by atoms with E-state index in [0.717, 1.165) is 22.6 Å². The summed E-state index contributed by atoms with van der Waals surface area (Å²) in [5.41, 5.74) is 2.49. The van der Waals surface area contributed by atoms with Crippen LogP contribution in [0.4, 0.5) is 0 Å². The van der Waals surface area contributed by atoms with Crippen molar-refractivity contribution >= 4 is 11.9 Å². The van der Waals surface area contributed by atoms with E-state index in [-0.39, 0.29) is 12.3 Å². The molecule has 0 aliphatic heterocycles. The summed E-state index contributed by atoms with van der Waals surface area (Å²) in [4.78, 5) is 22.5. The van der Waals surface area contributed by atoms with Crippen LogP contribution in [-0.4, -0.2) is 28.2 Å². The molecule has 1 unspecified atom stereocenters. The quantitative estimate of drug-likeness (QED) is 0.804. The zero-order valence-electron chi connectivity index (χ0n) is 13.8. The van der Waals surface area contributed by atoms with Crippen LogP contribution in [0.5, 0.6) is 5.75 Å². The van der Waals surface area contributed by atoms with Crippen molar-refractivity contribution in [1.82, 2.24) is 10.5 Å². The predicted octanol–water partition coefficient (Wildman–Crippen LogP) is 2.00. The Hall–Kier alpha value is -2.83. The number of carboxylic acids is 1. The Labute approximate surface area is 139 Å². The lowest BCUT2D eigenvalue weighted by atomic mass is 10.1. The highest BCUT2D eigenvalue weighted by Crippen LogP contribution is 2.18. The molecule has 24 heavy (non-hydrogen) atoms. The van der Waals surface area contributed by atoms with Gasteiger partial charge < -0.3 is 19.7 Å². The Morgan fingerprint density at radius 3 is 2.50 bits per heavy atom. The molecule has 1 atom stereocenters. The topological polar surface area (TPSA) is 102 Å². The average Bonchev–Trinajstić information content (AvgIpc) is 2.85. The van der Waals surface area contributed by atoms with Crippen LogP contribution in [0.15, 0.2) is 28.8 Å². The van der Waals surface area contributed by atoms with Gasteiger partial charge in [-0.3, -0.25) is 9.59 Å². The highest BCUT2D eigenvalue weighted by molar-refractivity contribution is 5.84. The first-order valence-corrected chi connectivity index (χ1v) is 7.52. The smallest absolute Gasteiger partial charge is 0.325 e. The van der Waals surface area contributed by atoms with E-state index in [1.165, 1.54) is 6.92 Å². The number of ether oxygens (including phenoxy) is 1. The van der Waals surface area contributed by atoms with Gasteiger partial charge in [-0.2, -0.15) is 0 Å². The van der Waals surface area contributed by atoms with Crippen LogP contribution in [-0.2, 0) is 22.6 Å². The molecule has 128 valence electrons. The molecular formula is C17H20N2O5. The van der Waals surface area contributed by atoms with E-state index in [2.05, 4.69) is 10.5 Å². The molecule has 0 saturated carbocycles. The van der Waals surface area contributed by atoms with Gasteiger partial charge in [-0.1, -0.05) is 17.3 Å². The second kappa shape index (κ2) is 7.63. The van der Waals surface area contributed by atoms with E-state index >= 15 is 0 Å². The van der Waals surface area contributed by atoms with Crippen LogP contribution in [0.2, 0.25) is 0 Å². The van der Waals surface area contributed by atoms with E-state index in [1.54, 1.807) is 24.3 Å². The van der Waals surface area contributed by atoms with Crippen LogP contribution in [0, 0.1) is 13.8 Å². The zero-order chi connectivity index (χ0) is 17.7. The van der Waals surface area contributed by atoms with Crippen molar-refractivity contribution in [2.75, 3.05) is 0 Å². The zero-order valence-corrected chi connectivity index (χ0v) is 13.8. The number of aromatic nitrogens is 1. The van der Waals surface area contributed by atoms with Crippen LogP contribution in [0.3, 0.4) is 0 Å². The molecular weight excluding hydrogens is 312 g/mol. The molecule has 2 rings (SSSR count). The van der Waals surface area contributed by atoms with Gasteiger partial charge in [-0.25, -0.2) is 0 Å². The minimum atomic E-state index is -1.06. The largest absolute Gasteiger partial charge is 0.489 e. The molecule has 0 radical (unpaired) electrons. The normalized spacial score (nSPS) is 11.8. The Morgan fingerprint density at radius 2 is 1.96 bits per heavy atom. The SMILES string of the molecule is Cc1noc(C)c1COc1ccc(CC(=O)NC(C)C(=O)O)cc1. The maximum Gasteiger partial charge on any atom is 0.325 e. The number of aliphatic carboxylic acids is 1. The third kappa shape index (κ3) is 4.58. The Kier molecular flexibility index (Phi) is 5.57.